The van der Waals surface area contributed by atoms with E-state index in [-0.39, 0.29) is 35.4 Å². The molecule has 2 fully saturated rings. The predicted molar refractivity (Wildman–Crippen MR) is 80.6 cm³/mol. The van der Waals surface area contributed by atoms with Gasteiger partial charge in [-0.2, -0.15) is 0 Å². The van der Waals surface area contributed by atoms with Crippen molar-refractivity contribution >= 4 is 29.9 Å². The summed E-state index contributed by atoms with van der Waals surface area (Å²) in [6.07, 6.45) is 7.74. The highest BCUT2D eigenvalue weighted by atomic mass is 127. The number of aliphatic imine (C=N–C) groups is 1. The minimum absolute atomic E-state index is 0. The first kappa shape index (κ1) is 15.0. The van der Waals surface area contributed by atoms with Crippen molar-refractivity contribution < 1.29 is 4.74 Å². The van der Waals surface area contributed by atoms with E-state index >= 15 is 0 Å². The molecule has 100 valence electrons. The predicted octanol–water partition coefficient (Wildman–Crippen LogP) is 2.01. The summed E-state index contributed by atoms with van der Waals surface area (Å²) >= 11 is 0. The fourth-order valence-corrected chi connectivity index (χ4v) is 3.39. The van der Waals surface area contributed by atoms with Gasteiger partial charge in [0.25, 0.3) is 0 Å². The molecule has 0 amide bonds. The van der Waals surface area contributed by atoms with Crippen molar-refractivity contribution in [2.45, 2.75) is 57.6 Å². The van der Waals surface area contributed by atoms with Crippen molar-refractivity contribution in [2.24, 2.45) is 21.9 Å². The smallest absolute Gasteiger partial charge is 0.186 e. The third-order valence-electron chi connectivity index (χ3n) is 4.20. The van der Waals surface area contributed by atoms with Gasteiger partial charge in [0.15, 0.2) is 5.96 Å². The van der Waals surface area contributed by atoms with E-state index < -0.39 is 0 Å². The van der Waals surface area contributed by atoms with E-state index in [9.17, 15) is 0 Å². The Morgan fingerprint density at radius 3 is 2.47 bits per heavy atom. The molecular formula is C12H24IN3O. The monoisotopic (exact) mass is 353 g/mol. The molecule has 2 rings (SSSR count). The zero-order valence-corrected chi connectivity index (χ0v) is 12.9. The molecule has 2 aliphatic rings. The zero-order chi connectivity index (χ0) is 11.6. The maximum Gasteiger partial charge on any atom is 0.186 e. The number of rotatable bonds is 3. The van der Waals surface area contributed by atoms with Crippen LogP contribution < -0.4 is 11.5 Å². The van der Waals surface area contributed by atoms with Gasteiger partial charge in [-0.15, -0.1) is 24.0 Å². The molecule has 4 N–H and O–H groups in total. The maximum atomic E-state index is 5.83. The van der Waals surface area contributed by atoms with Crippen LogP contribution in [0.4, 0.5) is 0 Å². The zero-order valence-electron chi connectivity index (χ0n) is 10.5. The van der Waals surface area contributed by atoms with Gasteiger partial charge >= 0.3 is 0 Å². The molecule has 0 heterocycles. The molecule has 2 atom stereocenters. The van der Waals surface area contributed by atoms with Crippen LogP contribution in [0.2, 0.25) is 0 Å². The number of guanidine groups is 1. The van der Waals surface area contributed by atoms with Crippen molar-refractivity contribution in [3.05, 3.63) is 0 Å². The van der Waals surface area contributed by atoms with Crippen molar-refractivity contribution in [2.75, 3.05) is 6.61 Å². The molecule has 0 aromatic heterocycles. The molecule has 0 aliphatic heterocycles. The summed E-state index contributed by atoms with van der Waals surface area (Å²) in [6, 6.07) is 0.300. The van der Waals surface area contributed by atoms with Crippen molar-refractivity contribution in [1.82, 2.24) is 0 Å². The molecule has 0 aromatic rings. The summed E-state index contributed by atoms with van der Waals surface area (Å²) in [4.78, 5) is 4.38. The second kappa shape index (κ2) is 6.22. The lowest BCUT2D eigenvalue weighted by Crippen LogP contribution is -2.59. The number of nitrogens with two attached hydrogens (primary N) is 2. The first-order valence-corrected chi connectivity index (χ1v) is 6.39. The van der Waals surface area contributed by atoms with Crippen LogP contribution in [0.5, 0.6) is 0 Å². The SMILES string of the molecule is CCOC1CC(N=C(N)N)C12CCCCC2.I. The lowest BCUT2D eigenvalue weighted by Gasteiger charge is -2.55. The van der Waals surface area contributed by atoms with Crippen molar-refractivity contribution in [1.29, 1.82) is 0 Å². The highest BCUT2D eigenvalue weighted by molar-refractivity contribution is 14.0. The first-order chi connectivity index (χ1) is 7.69. The number of halogens is 1. The van der Waals surface area contributed by atoms with Gasteiger partial charge in [-0.25, -0.2) is 4.99 Å². The summed E-state index contributed by atoms with van der Waals surface area (Å²) in [5, 5.41) is 0. The van der Waals surface area contributed by atoms with E-state index in [1.165, 1.54) is 32.1 Å². The van der Waals surface area contributed by atoms with E-state index in [1.54, 1.807) is 0 Å². The molecule has 17 heavy (non-hydrogen) atoms. The van der Waals surface area contributed by atoms with Crippen molar-refractivity contribution in [3.63, 3.8) is 0 Å². The highest BCUT2D eigenvalue weighted by Crippen LogP contribution is 2.54. The molecule has 1 spiro atoms. The van der Waals surface area contributed by atoms with E-state index in [4.69, 9.17) is 16.2 Å². The fourth-order valence-electron chi connectivity index (χ4n) is 3.39. The first-order valence-electron chi connectivity index (χ1n) is 6.39. The molecule has 5 heteroatoms. The van der Waals surface area contributed by atoms with Gasteiger partial charge in [-0.05, 0) is 26.2 Å². The van der Waals surface area contributed by atoms with E-state index in [1.807, 2.05) is 0 Å². The molecular weight excluding hydrogens is 329 g/mol. The van der Waals surface area contributed by atoms with Crippen molar-refractivity contribution in [3.8, 4) is 0 Å². The van der Waals surface area contributed by atoms with Crippen LogP contribution in [-0.4, -0.2) is 24.7 Å². The third kappa shape index (κ3) is 2.86. The molecule has 2 aliphatic carbocycles. The largest absolute Gasteiger partial charge is 0.378 e. The lowest BCUT2D eigenvalue weighted by molar-refractivity contribution is -0.139. The average Bonchev–Trinajstić information content (AvgIpc) is 2.28. The Hall–Kier alpha value is -0.0400. The highest BCUT2D eigenvalue weighted by Gasteiger charge is 2.55. The molecule has 2 unspecified atom stereocenters. The Morgan fingerprint density at radius 1 is 1.29 bits per heavy atom. The van der Waals surface area contributed by atoms with Crippen LogP contribution in [-0.2, 0) is 4.74 Å². The molecule has 4 nitrogen and oxygen atoms in total. The molecule has 0 bridgehead atoms. The topological polar surface area (TPSA) is 73.6 Å². The lowest BCUT2D eigenvalue weighted by atomic mass is 9.55. The number of ether oxygens (including phenoxy) is 1. The normalized spacial score (nSPS) is 30.2. The quantitative estimate of drug-likeness (QED) is 0.463. The van der Waals surface area contributed by atoms with Gasteiger partial charge in [0.05, 0.1) is 12.1 Å². The molecule has 0 saturated heterocycles. The minimum atomic E-state index is 0. The molecule has 2 saturated carbocycles. The molecule has 0 aromatic carbocycles. The van der Waals surface area contributed by atoms with Gasteiger partial charge in [0, 0.05) is 12.0 Å². The van der Waals surface area contributed by atoms with Gasteiger partial charge in [-0.3, -0.25) is 0 Å². The Morgan fingerprint density at radius 2 is 1.94 bits per heavy atom. The number of hydrogen-bond donors (Lipinski definition) is 2. The van der Waals surface area contributed by atoms with E-state index in [2.05, 4.69) is 11.9 Å². The van der Waals surface area contributed by atoms with Gasteiger partial charge in [0.1, 0.15) is 0 Å². The summed E-state index contributed by atoms with van der Waals surface area (Å²) < 4.78 is 5.83. The van der Waals surface area contributed by atoms with Crippen LogP contribution in [0.25, 0.3) is 0 Å². The van der Waals surface area contributed by atoms with E-state index in [0.29, 0.717) is 12.1 Å². The van der Waals surface area contributed by atoms with Crippen LogP contribution in [0.3, 0.4) is 0 Å². The van der Waals surface area contributed by atoms with Crippen LogP contribution >= 0.6 is 24.0 Å². The fraction of sp³-hybridized carbons (Fsp3) is 0.917. The van der Waals surface area contributed by atoms with Gasteiger partial charge in [-0.1, -0.05) is 19.3 Å². The van der Waals surface area contributed by atoms with E-state index in [0.717, 1.165) is 13.0 Å². The molecule has 0 radical (unpaired) electrons. The Kier molecular flexibility index (Phi) is 5.50. The second-order valence-corrected chi connectivity index (χ2v) is 5.04. The number of hydrogen-bond acceptors (Lipinski definition) is 2. The maximum absolute atomic E-state index is 5.83. The summed E-state index contributed by atoms with van der Waals surface area (Å²) in [7, 11) is 0. The van der Waals surface area contributed by atoms with Gasteiger partial charge in [0.2, 0.25) is 0 Å². The summed E-state index contributed by atoms with van der Waals surface area (Å²) in [5.41, 5.74) is 11.2. The Labute approximate surface area is 121 Å². The average molecular weight is 353 g/mol. The summed E-state index contributed by atoms with van der Waals surface area (Å²) in [5.74, 6) is 0.227. The Balaban J connectivity index is 0.00000144. The van der Waals surface area contributed by atoms with Crippen LogP contribution in [0, 0.1) is 5.41 Å². The standard InChI is InChI=1S/C12H23N3O.HI/c1-2-16-10-8-9(15-11(13)14)12(10)6-4-3-5-7-12;/h9-10H,2-8H2,1H3,(H4,13,14,15);1H. The van der Waals surface area contributed by atoms with Crippen LogP contribution in [0.15, 0.2) is 4.99 Å². The number of nitrogens with zero attached hydrogens (tertiary/aromatic N) is 1. The van der Waals surface area contributed by atoms with Gasteiger partial charge < -0.3 is 16.2 Å². The van der Waals surface area contributed by atoms with Crippen LogP contribution in [0.1, 0.15) is 45.4 Å². The third-order valence-corrected chi connectivity index (χ3v) is 4.20. The summed E-state index contributed by atoms with van der Waals surface area (Å²) in [6.45, 7) is 2.85. The minimum Gasteiger partial charge on any atom is -0.378 e. The second-order valence-electron chi connectivity index (χ2n) is 5.04. The Bertz CT molecular complexity index is 273.